The fourth-order valence-electron chi connectivity index (χ4n) is 1.98. The zero-order valence-corrected chi connectivity index (χ0v) is 13.3. The van der Waals surface area contributed by atoms with Gasteiger partial charge in [-0.15, -0.1) is 0 Å². The number of hydrogen-bond acceptors (Lipinski definition) is 5. The fourth-order valence-corrected chi connectivity index (χ4v) is 2.79. The number of ether oxygens (including phenoxy) is 1. The van der Waals surface area contributed by atoms with Crippen molar-refractivity contribution in [3.8, 4) is 0 Å². The van der Waals surface area contributed by atoms with Crippen molar-refractivity contribution in [2.24, 2.45) is 0 Å². The molecule has 0 unspecified atom stereocenters. The number of aromatic nitrogens is 2. The van der Waals surface area contributed by atoms with Gasteiger partial charge in [-0.2, -0.15) is 0 Å². The minimum absolute atomic E-state index is 0.240. The van der Waals surface area contributed by atoms with Crippen LogP contribution in [0.3, 0.4) is 0 Å². The van der Waals surface area contributed by atoms with Crippen LogP contribution in [0.25, 0.3) is 0 Å². The van der Waals surface area contributed by atoms with E-state index in [-0.39, 0.29) is 5.91 Å². The lowest BCUT2D eigenvalue weighted by Crippen LogP contribution is -2.16. The number of anilines is 1. The Bertz CT molecular complexity index is 532. The van der Waals surface area contributed by atoms with Crippen molar-refractivity contribution < 1.29 is 9.53 Å². The van der Waals surface area contributed by atoms with Crippen LogP contribution in [0, 0.1) is 0 Å². The molecule has 0 saturated carbocycles. The zero-order chi connectivity index (χ0) is 15.1. The Balaban J connectivity index is 2.03. The quantitative estimate of drug-likeness (QED) is 0.476. The fraction of sp³-hybridized carbons (Fsp3) is 0.533. The molecule has 0 spiro atoms. The summed E-state index contributed by atoms with van der Waals surface area (Å²) < 4.78 is 5.32. The molecule has 0 aromatic carbocycles. The molecule has 0 fully saturated rings. The topological polar surface area (TPSA) is 64.1 Å². The molecule has 0 atom stereocenters. The summed E-state index contributed by atoms with van der Waals surface area (Å²) in [7, 11) is 0. The molecule has 1 amide bonds. The van der Waals surface area contributed by atoms with Gasteiger partial charge in [-0.1, -0.05) is 31.5 Å². The maximum absolute atomic E-state index is 12.0. The minimum Gasteiger partial charge on any atom is -0.488 e. The van der Waals surface area contributed by atoms with Crippen LogP contribution in [-0.2, 0) is 16.0 Å². The lowest BCUT2D eigenvalue weighted by molar-refractivity contribution is -0.116. The Morgan fingerprint density at radius 2 is 2.24 bits per heavy atom. The Morgan fingerprint density at radius 3 is 3.00 bits per heavy atom. The van der Waals surface area contributed by atoms with Crippen LogP contribution >= 0.6 is 11.8 Å². The van der Waals surface area contributed by atoms with E-state index < -0.39 is 0 Å². The number of amides is 1. The predicted octanol–water partition coefficient (Wildman–Crippen LogP) is 3.17. The van der Waals surface area contributed by atoms with Crippen LogP contribution in [0.2, 0.25) is 0 Å². The predicted molar refractivity (Wildman–Crippen MR) is 84.3 cm³/mol. The van der Waals surface area contributed by atoms with E-state index in [0.717, 1.165) is 17.7 Å². The van der Waals surface area contributed by atoms with E-state index >= 15 is 0 Å². The molecule has 2 heterocycles. The van der Waals surface area contributed by atoms with Gasteiger partial charge in [0.2, 0.25) is 0 Å². The molecule has 1 aromatic rings. The van der Waals surface area contributed by atoms with Gasteiger partial charge in [0, 0.05) is 17.5 Å². The summed E-state index contributed by atoms with van der Waals surface area (Å²) in [5, 5.41) is 3.52. The number of nitrogens with one attached hydrogen (secondary N) is 1. The molecule has 2 rings (SSSR count). The van der Waals surface area contributed by atoms with Gasteiger partial charge in [0.25, 0.3) is 5.91 Å². The molecule has 1 aliphatic heterocycles. The average Bonchev–Trinajstić information content (AvgIpc) is 2.63. The normalized spacial score (nSPS) is 14.0. The van der Waals surface area contributed by atoms with Crippen molar-refractivity contribution in [1.29, 1.82) is 0 Å². The second-order valence-corrected chi connectivity index (χ2v) is 5.80. The smallest absolute Gasteiger partial charge is 0.291 e. The highest BCUT2D eigenvalue weighted by Crippen LogP contribution is 2.23. The SMILES string of the molecule is CCCCCSc1ncc2c(n1)NC(=O)C(OCC)=CC2. The Kier molecular flexibility index (Phi) is 6.04. The van der Waals surface area contributed by atoms with Crippen molar-refractivity contribution in [2.45, 2.75) is 44.7 Å². The van der Waals surface area contributed by atoms with Crippen LogP contribution in [-0.4, -0.2) is 28.2 Å². The molecule has 1 aliphatic rings. The lowest BCUT2D eigenvalue weighted by Gasteiger charge is -2.08. The largest absolute Gasteiger partial charge is 0.488 e. The van der Waals surface area contributed by atoms with E-state index in [1.165, 1.54) is 12.8 Å². The van der Waals surface area contributed by atoms with E-state index in [4.69, 9.17) is 4.74 Å². The molecule has 114 valence electrons. The number of nitrogens with zero attached hydrogens (tertiary/aromatic N) is 2. The first-order chi connectivity index (χ1) is 10.2. The summed E-state index contributed by atoms with van der Waals surface area (Å²) in [6.07, 6.45) is 7.75. The number of carbonyl (C=O) groups excluding carboxylic acids is 1. The van der Waals surface area contributed by atoms with Crippen LogP contribution in [0.15, 0.2) is 23.2 Å². The first-order valence-electron chi connectivity index (χ1n) is 7.37. The number of unbranched alkanes of at least 4 members (excludes halogenated alkanes) is 2. The number of allylic oxidation sites excluding steroid dienone is 1. The van der Waals surface area contributed by atoms with Crippen LogP contribution in [0.1, 0.15) is 38.7 Å². The van der Waals surface area contributed by atoms with Crippen molar-refractivity contribution in [3.05, 3.63) is 23.6 Å². The highest BCUT2D eigenvalue weighted by molar-refractivity contribution is 7.99. The summed E-state index contributed by atoms with van der Waals surface area (Å²) in [5.74, 6) is 1.71. The van der Waals surface area contributed by atoms with Crippen molar-refractivity contribution in [2.75, 3.05) is 17.7 Å². The van der Waals surface area contributed by atoms with Gasteiger partial charge in [-0.3, -0.25) is 4.79 Å². The molecule has 0 saturated heterocycles. The van der Waals surface area contributed by atoms with Gasteiger partial charge in [-0.25, -0.2) is 9.97 Å². The maximum atomic E-state index is 12.0. The molecular weight excluding hydrogens is 286 g/mol. The van der Waals surface area contributed by atoms with Gasteiger partial charge in [0.1, 0.15) is 5.82 Å². The lowest BCUT2D eigenvalue weighted by atomic mass is 10.2. The molecule has 21 heavy (non-hydrogen) atoms. The number of thioether (sulfide) groups is 1. The van der Waals surface area contributed by atoms with Gasteiger partial charge < -0.3 is 10.1 Å². The van der Waals surface area contributed by atoms with Gasteiger partial charge in [0.15, 0.2) is 10.9 Å². The van der Waals surface area contributed by atoms with Crippen LogP contribution in [0.4, 0.5) is 5.82 Å². The first-order valence-corrected chi connectivity index (χ1v) is 8.36. The molecule has 1 N–H and O–H groups in total. The highest BCUT2D eigenvalue weighted by atomic mass is 32.2. The maximum Gasteiger partial charge on any atom is 0.291 e. The molecule has 6 heteroatoms. The Hall–Kier alpha value is -1.56. The van der Waals surface area contributed by atoms with Crippen LogP contribution in [0.5, 0.6) is 0 Å². The van der Waals surface area contributed by atoms with E-state index in [2.05, 4.69) is 22.2 Å². The number of rotatable bonds is 7. The van der Waals surface area contributed by atoms with Gasteiger partial charge in [-0.05, 0) is 25.8 Å². The third-order valence-corrected chi connectivity index (χ3v) is 4.03. The second kappa shape index (κ2) is 8.02. The van der Waals surface area contributed by atoms with Gasteiger partial charge in [0.05, 0.1) is 6.61 Å². The van der Waals surface area contributed by atoms with Gasteiger partial charge >= 0.3 is 0 Å². The molecule has 1 aromatic heterocycles. The van der Waals surface area contributed by atoms with E-state index in [9.17, 15) is 4.79 Å². The summed E-state index contributed by atoms with van der Waals surface area (Å²) in [5.41, 5.74) is 0.913. The molecule has 0 bridgehead atoms. The third kappa shape index (κ3) is 4.46. The monoisotopic (exact) mass is 307 g/mol. The highest BCUT2D eigenvalue weighted by Gasteiger charge is 2.18. The Morgan fingerprint density at radius 1 is 1.38 bits per heavy atom. The molecule has 0 aliphatic carbocycles. The third-order valence-electron chi connectivity index (χ3n) is 3.08. The van der Waals surface area contributed by atoms with Crippen LogP contribution < -0.4 is 5.32 Å². The zero-order valence-electron chi connectivity index (χ0n) is 12.5. The number of carbonyl (C=O) groups is 1. The number of fused-ring (bicyclic) bond motifs is 1. The standard InChI is InChI=1S/C15H21N3O2S/c1-3-5-6-9-21-15-16-10-11-7-8-12(20-4-2)14(19)17-13(11)18-15/h8,10H,3-7,9H2,1-2H3,(H,16,17,18,19). The molecular formula is C15H21N3O2S. The van der Waals surface area contributed by atoms with Crippen molar-refractivity contribution >= 4 is 23.5 Å². The average molecular weight is 307 g/mol. The number of hydrogen-bond donors (Lipinski definition) is 1. The Labute approximate surface area is 129 Å². The van der Waals surface area contributed by atoms with Crippen molar-refractivity contribution in [1.82, 2.24) is 9.97 Å². The van der Waals surface area contributed by atoms with E-state index in [1.807, 2.05) is 6.92 Å². The summed E-state index contributed by atoms with van der Waals surface area (Å²) in [4.78, 5) is 20.8. The summed E-state index contributed by atoms with van der Waals surface area (Å²) in [6, 6.07) is 0. The summed E-state index contributed by atoms with van der Waals surface area (Å²) in [6.45, 7) is 4.51. The first kappa shape index (κ1) is 15.8. The second-order valence-electron chi connectivity index (χ2n) is 4.74. The summed E-state index contributed by atoms with van der Waals surface area (Å²) >= 11 is 1.63. The molecule has 0 radical (unpaired) electrons. The molecule has 5 nitrogen and oxygen atoms in total. The van der Waals surface area contributed by atoms with E-state index in [1.54, 1.807) is 24.0 Å². The minimum atomic E-state index is -0.240. The van der Waals surface area contributed by atoms with Crippen molar-refractivity contribution in [3.63, 3.8) is 0 Å². The van der Waals surface area contributed by atoms with E-state index in [0.29, 0.717) is 29.8 Å².